The summed E-state index contributed by atoms with van der Waals surface area (Å²) in [5.74, 6) is -1.58. The smallest absolute Gasteiger partial charge is 0.334 e. The molecule has 0 N–H and O–H groups in total. The van der Waals surface area contributed by atoms with Crippen molar-refractivity contribution in [3.05, 3.63) is 35.4 Å². The minimum Gasteiger partial charge on any atom is -0.395 e. The highest BCUT2D eigenvalue weighted by Crippen LogP contribution is 2.18. The number of hydrogen-bond acceptors (Lipinski definition) is 2. The zero-order valence-electron chi connectivity index (χ0n) is 11.8. The van der Waals surface area contributed by atoms with Crippen molar-refractivity contribution in [3.8, 4) is 0 Å². The molecule has 1 aromatic carbocycles. The summed E-state index contributed by atoms with van der Waals surface area (Å²) in [6.45, 7) is 7.26. The third-order valence-electron chi connectivity index (χ3n) is 2.98. The third-order valence-corrected chi connectivity index (χ3v) is 6.04. The maximum Gasteiger partial charge on any atom is 0.334 e. The lowest BCUT2D eigenvalue weighted by atomic mass is 10.1. The Balaban J connectivity index is 2.49. The summed E-state index contributed by atoms with van der Waals surface area (Å²) in [7, 11) is -2.10. The standard InChI is InChI=1S/C14H22F2O2Si/c1-4-17-19(3,18-5-2)10-6-7-12-8-9-13(15)14(16)11-12/h8-9,11H,4-7,10H2,1-3H3. The summed E-state index contributed by atoms with van der Waals surface area (Å²) in [5, 5.41) is 0. The van der Waals surface area contributed by atoms with E-state index in [1.54, 1.807) is 6.07 Å². The van der Waals surface area contributed by atoms with Gasteiger partial charge < -0.3 is 8.85 Å². The van der Waals surface area contributed by atoms with Crippen LogP contribution in [0.4, 0.5) is 8.78 Å². The van der Waals surface area contributed by atoms with Crippen LogP contribution in [0.5, 0.6) is 0 Å². The molecular formula is C14H22F2O2Si. The zero-order chi connectivity index (χ0) is 14.3. The highest BCUT2D eigenvalue weighted by Gasteiger charge is 2.29. The molecule has 0 spiro atoms. The quantitative estimate of drug-likeness (QED) is 0.672. The molecule has 0 saturated heterocycles. The van der Waals surface area contributed by atoms with Crippen LogP contribution in [0.15, 0.2) is 18.2 Å². The fourth-order valence-corrected chi connectivity index (χ4v) is 4.52. The van der Waals surface area contributed by atoms with Gasteiger partial charge in [-0.15, -0.1) is 0 Å². The van der Waals surface area contributed by atoms with Gasteiger partial charge in [0.1, 0.15) is 0 Å². The van der Waals surface area contributed by atoms with Crippen LogP contribution in [-0.4, -0.2) is 21.8 Å². The molecule has 0 bridgehead atoms. The monoisotopic (exact) mass is 288 g/mol. The third kappa shape index (κ3) is 5.38. The second-order valence-electron chi connectivity index (χ2n) is 4.60. The molecule has 0 atom stereocenters. The number of benzene rings is 1. The van der Waals surface area contributed by atoms with Crippen LogP contribution < -0.4 is 0 Å². The first-order chi connectivity index (χ1) is 9.00. The van der Waals surface area contributed by atoms with Crippen molar-refractivity contribution in [2.75, 3.05) is 13.2 Å². The van der Waals surface area contributed by atoms with Crippen molar-refractivity contribution in [1.82, 2.24) is 0 Å². The average molecular weight is 288 g/mol. The van der Waals surface area contributed by atoms with Gasteiger partial charge in [0.25, 0.3) is 0 Å². The summed E-state index contributed by atoms with van der Waals surface area (Å²) >= 11 is 0. The lowest BCUT2D eigenvalue weighted by molar-refractivity contribution is 0.188. The van der Waals surface area contributed by atoms with E-state index in [4.69, 9.17) is 8.85 Å². The minimum absolute atomic E-state index is 0.647. The Kier molecular flexibility index (Phi) is 6.61. The molecule has 0 saturated carbocycles. The minimum atomic E-state index is -2.10. The van der Waals surface area contributed by atoms with Crippen LogP contribution in [0.1, 0.15) is 25.8 Å². The molecule has 108 valence electrons. The van der Waals surface area contributed by atoms with E-state index in [0.29, 0.717) is 19.6 Å². The Labute approximate surface area is 115 Å². The Morgan fingerprint density at radius 2 is 1.68 bits per heavy atom. The van der Waals surface area contributed by atoms with E-state index in [1.165, 1.54) is 12.1 Å². The molecule has 0 aromatic heterocycles. The van der Waals surface area contributed by atoms with Crippen molar-refractivity contribution in [3.63, 3.8) is 0 Å². The molecule has 1 rings (SSSR count). The number of halogens is 2. The van der Waals surface area contributed by atoms with E-state index in [0.717, 1.165) is 18.0 Å². The fraction of sp³-hybridized carbons (Fsp3) is 0.571. The van der Waals surface area contributed by atoms with Crippen LogP contribution in [0.2, 0.25) is 12.6 Å². The summed E-state index contributed by atoms with van der Waals surface area (Å²) < 4.78 is 37.3. The van der Waals surface area contributed by atoms with Gasteiger partial charge in [-0.25, -0.2) is 8.78 Å². The summed E-state index contributed by atoms with van der Waals surface area (Å²) in [6.07, 6.45) is 1.56. The summed E-state index contributed by atoms with van der Waals surface area (Å²) in [5.41, 5.74) is 0.809. The van der Waals surface area contributed by atoms with Gasteiger partial charge in [-0.2, -0.15) is 0 Å². The molecule has 0 fully saturated rings. The van der Waals surface area contributed by atoms with Crippen LogP contribution in [0, 0.1) is 11.6 Å². The van der Waals surface area contributed by atoms with Gasteiger partial charge in [0.2, 0.25) is 0 Å². The SMILES string of the molecule is CCO[Si](C)(CCCc1ccc(F)c(F)c1)OCC. The van der Waals surface area contributed by atoms with Crippen LogP contribution >= 0.6 is 0 Å². The van der Waals surface area contributed by atoms with E-state index < -0.39 is 20.2 Å². The van der Waals surface area contributed by atoms with Crippen LogP contribution in [0.25, 0.3) is 0 Å². The molecule has 0 amide bonds. The Morgan fingerprint density at radius 3 is 2.21 bits per heavy atom. The van der Waals surface area contributed by atoms with Gasteiger partial charge in [0, 0.05) is 13.2 Å². The molecule has 5 heteroatoms. The Bertz CT molecular complexity index is 393. The van der Waals surface area contributed by atoms with Gasteiger partial charge in [-0.3, -0.25) is 0 Å². The van der Waals surface area contributed by atoms with Crippen molar-refractivity contribution < 1.29 is 17.6 Å². The second kappa shape index (κ2) is 7.72. The maximum absolute atomic E-state index is 13.1. The fourth-order valence-electron chi connectivity index (χ4n) is 2.11. The molecule has 1 aromatic rings. The number of aryl methyl sites for hydroxylation is 1. The van der Waals surface area contributed by atoms with Crippen molar-refractivity contribution in [1.29, 1.82) is 0 Å². The molecule has 0 aliphatic heterocycles. The van der Waals surface area contributed by atoms with E-state index >= 15 is 0 Å². The zero-order valence-corrected chi connectivity index (χ0v) is 12.8. The molecular weight excluding hydrogens is 266 g/mol. The largest absolute Gasteiger partial charge is 0.395 e. The molecule has 19 heavy (non-hydrogen) atoms. The molecule has 0 aliphatic rings. The lowest BCUT2D eigenvalue weighted by Crippen LogP contribution is -2.38. The van der Waals surface area contributed by atoms with E-state index in [1.807, 2.05) is 20.4 Å². The number of hydrogen-bond donors (Lipinski definition) is 0. The van der Waals surface area contributed by atoms with Gasteiger partial charge in [-0.1, -0.05) is 6.07 Å². The Morgan fingerprint density at radius 1 is 1.05 bits per heavy atom. The Hall–Kier alpha value is -0.783. The first kappa shape index (κ1) is 16.3. The molecule has 0 radical (unpaired) electrons. The van der Waals surface area contributed by atoms with Gasteiger partial charge in [0.15, 0.2) is 11.6 Å². The topological polar surface area (TPSA) is 18.5 Å². The van der Waals surface area contributed by atoms with Gasteiger partial charge in [0.05, 0.1) is 0 Å². The lowest BCUT2D eigenvalue weighted by Gasteiger charge is -2.25. The van der Waals surface area contributed by atoms with E-state index in [-0.39, 0.29) is 0 Å². The second-order valence-corrected chi connectivity index (χ2v) is 7.95. The summed E-state index contributed by atoms with van der Waals surface area (Å²) in [4.78, 5) is 0. The predicted octanol–water partition coefficient (Wildman–Crippen LogP) is 4.04. The van der Waals surface area contributed by atoms with Crippen molar-refractivity contribution >= 4 is 8.56 Å². The first-order valence-corrected chi connectivity index (χ1v) is 9.25. The van der Waals surface area contributed by atoms with E-state index in [9.17, 15) is 8.78 Å². The summed E-state index contributed by atoms with van der Waals surface area (Å²) in [6, 6.07) is 4.91. The maximum atomic E-state index is 13.1. The van der Waals surface area contributed by atoms with E-state index in [2.05, 4.69) is 0 Å². The normalized spacial score (nSPS) is 11.8. The van der Waals surface area contributed by atoms with Crippen LogP contribution in [0.3, 0.4) is 0 Å². The highest BCUT2D eigenvalue weighted by atomic mass is 28.4. The molecule has 0 aliphatic carbocycles. The van der Waals surface area contributed by atoms with Gasteiger partial charge >= 0.3 is 8.56 Å². The first-order valence-electron chi connectivity index (χ1n) is 6.72. The molecule has 2 nitrogen and oxygen atoms in total. The van der Waals surface area contributed by atoms with Gasteiger partial charge in [-0.05, 0) is 57.0 Å². The van der Waals surface area contributed by atoms with Crippen molar-refractivity contribution in [2.24, 2.45) is 0 Å². The molecule has 0 heterocycles. The number of rotatable bonds is 8. The average Bonchev–Trinajstić information content (AvgIpc) is 2.34. The predicted molar refractivity (Wildman–Crippen MR) is 74.4 cm³/mol. The van der Waals surface area contributed by atoms with Crippen molar-refractivity contribution in [2.45, 2.75) is 39.3 Å². The van der Waals surface area contributed by atoms with Crippen LogP contribution in [-0.2, 0) is 15.3 Å². The molecule has 0 unspecified atom stereocenters. The highest BCUT2D eigenvalue weighted by molar-refractivity contribution is 6.66.